The van der Waals surface area contributed by atoms with E-state index in [1.807, 2.05) is 41.3 Å². The largest absolute Gasteiger partial charge is 0.497 e. The van der Waals surface area contributed by atoms with Gasteiger partial charge >= 0.3 is 0 Å². The molecule has 2 aliphatic rings. The summed E-state index contributed by atoms with van der Waals surface area (Å²) in [4.78, 5) is 44.8. The fraction of sp³-hybridized carbons (Fsp3) is 0.375. The van der Waals surface area contributed by atoms with Gasteiger partial charge in [-0.05, 0) is 60.7 Å². The van der Waals surface area contributed by atoms with Crippen LogP contribution < -0.4 is 20.1 Å². The van der Waals surface area contributed by atoms with Crippen LogP contribution in [-0.2, 0) is 27.4 Å². The molecular formula is C32H36N4O6. The first kappa shape index (κ1) is 29.1. The summed E-state index contributed by atoms with van der Waals surface area (Å²) in [5, 5.41) is 5.96. The number of likely N-dealkylation sites (tertiary alicyclic amines) is 1. The maximum absolute atomic E-state index is 13.1. The molecule has 2 aliphatic heterocycles. The van der Waals surface area contributed by atoms with Crippen LogP contribution >= 0.6 is 0 Å². The third kappa shape index (κ3) is 7.85. The molecule has 3 heterocycles. The first-order valence-corrected chi connectivity index (χ1v) is 14.3. The maximum atomic E-state index is 13.1. The van der Waals surface area contributed by atoms with E-state index in [2.05, 4.69) is 15.6 Å². The summed E-state index contributed by atoms with van der Waals surface area (Å²) >= 11 is 0. The molecule has 5 rings (SSSR count). The predicted octanol–water partition coefficient (Wildman–Crippen LogP) is 3.64. The molecule has 3 amide bonds. The second-order valence-corrected chi connectivity index (χ2v) is 10.5. The van der Waals surface area contributed by atoms with E-state index in [-0.39, 0.29) is 36.3 Å². The number of nitrogens with zero attached hydrogens (tertiary/aromatic N) is 2. The molecule has 4 bridgehead atoms. The molecule has 2 atom stereocenters. The van der Waals surface area contributed by atoms with Gasteiger partial charge in [0.05, 0.1) is 25.9 Å². The minimum absolute atomic E-state index is 0.0402. The molecule has 2 N–H and O–H groups in total. The van der Waals surface area contributed by atoms with Gasteiger partial charge in [-0.15, -0.1) is 0 Å². The summed E-state index contributed by atoms with van der Waals surface area (Å²) in [6.07, 6.45) is 5.50. The number of hydrogen-bond acceptors (Lipinski definition) is 7. The Morgan fingerprint density at radius 1 is 1.12 bits per heavy atom. The Morgan fingerprint density at radius 2 is 2.02 bits per heavy atom. The van der Waals surface area contributed by atoms with Gasteiger partial charge < -0.3 is 29.7 Å². The van der Waals surface area contributed by atoms with Crippen LogP contribution in [0.25, 0.3) is 0 Å². The van der Waals surface area contributed by atoms with Crippen LogP contribution in [-0.4, -0.2) is 66.5 Å². The van der Waals surface area contributed by atoms with Gasteiger partial charge in [-0.1, -0.05) is 18.2 Å². The SMILES string of the molecule is COc1cc2cc(c1)C(=O)NCCCC(=O)N[C@H]1CN(C(=O)CCc3cccnc3)CC[C@@H]1OCc1cccc(c1)O2. The Labute approximate surface area is 245 Å². The van der Waals surface area contributed by atoms with Crippen LogP contribution in [0.2, 0.25) is 0 Å². The first-order chi connectivity index (χ1) is 20.5. The third-order valence-electron chi connectivity index (χ3n) is 7.44. The zero-order valence-corrected chi connectivity index (χ0v) is 23.7. The third-order valence-corrected chi connectivity index (χ3v) is 7.44. The zero-order chi connectivity index (χ0) is 29.3. The van der Waals surface area contributed by atoms with Crippen molar-refractivity contribution in [3.05, 3.63) is 83.7 Å². The van der Waals surface area contributed by atoms with E-state index in [4.69, 9.17) is 14.2 Å². The van der Waals surface area contributed by atoms with Crippen LogP contribution in [0.4, 0.5) is 0 Å². The lowest BCUT2D eigenvalue weighted by Crippen LogP contribution is -2.57. The molecule has 0 unspecified atom stereocenters. The number of fused-ring (bicyclic) bond motifs is 5. The van der Waals surface area contributed by atoms with E-state index in [9.17, 15) is 14.4 Å². The number of aromatic nitrogens is 1. The second-order valence-electron chi connectivity index (χ2n) is 10.5. The molecule has 1 aromatic heterocycles. The smallest absolute Gasteiger partial charge is 0.251 e. The van der Waals surface area contributed by atoms with Crippen molar-refractivity contribution in [1.29, 1.82) is 0 Å². The topological polar surface area (TPSA) is 119 Å². The average Bonchev–Trinajstić information content (AvgIpc) is 3.01. The van der Waals surface area contributed by atoms with Gasteiger partial charge in [0, 0.05) is 56.5 Å². The zero-order valence-electron chi connectivity index (χ0n) is 23.7. The molecule has 220 valence electrons. The average molecular weight is 573 g/mol. The number of aryl methyl sites for hydroxylation is 1. The standard InChI is InChI=1S/C32H36N4O6/c1-40-26-16-24-17-27(18-26)42-25-7-2-5-23(15-25)21-41-29-11-14-36(31(38)10-9-22-6-3-12-33-19-22)20-28(29)35-30(37)8-4-13-34-32(24)39/h2-3,5-7,12,15-19,28-29H,4,8-11,13-14,20-21H2,1H3,(H,34,39)(H,35,37)/t28-,29-/m0/s1. The number of amides is 3. The van der Waals surface area contributed by atoms with Crippen LogP contribution in [0.15, 0.2) is 67.0 Å². The van der Waals surface area contributed by atoms with Crippen molar-refractivity contribution in [2.24, 2.45) is 0 Å². The van der Waals surface area contributed by atoms with Gasteiger partial charge in [0.25, 0.3) is 5.91 Å². The summed E-state index contributed by atoms with van der Waals surface area (Å²) in [5.74, 6) is 1.18. The van der Waals surface area contributed by atoms with Crippen molar-refractivity contribution in [3.63, 3.8) is 0 Å². The number of carbonyl (C=O) groups excluding carboxylic acids is 3. The number of nitrogens with one attached hydrogen (secondary N) is 2. The number of piperidine rings is 1. The highest BCUT2D eigenvalue weighted by atomic mass is 16.5. The van der Waals surface area contributed by atoms with Gasteiger partial charge in [0.15, 0.2) is 0 Å². The fourth-order valence-electron chi connectivity index (χ4n) is 5.20. The number of methoxy groups -OCH3 is 1. The Hall–Kier alpha value is -4.44. The van der Waals surface area contributed by atoms with Gasteiger partial charge in [-0.2, -0.15) is 0 Å². The van der Waals surface area contributed by atoms with Crippen molar-refractivity contribution >= 4 is 17.7 Å². The minimum atomic E-state index is -0.353. The second kappa shape index (κ2) is 14.0. The highest BCUT2D eigenvalue weighted by molar-refractivity contribution is 5.95. The molecule has 0 spiro atoms. The Bertz CT molecular complexity index is 1400. The van der Waals surface area contributed by atoms with E-state index >= 15 is 0 Å². The molecule has 3 aromatic rings. The van der Waals surface area contributed by atoms with Gasteiger partial charge in [-0.3, -0.25) is 19.4 Å². The summed E-state index contributed by atoms with van der Waals surface area (Å²) in [6.45, 7) is 1.56. The van der Waals surface area contributed by atoms with Crippen molar-refractivity contribution in [1.82, 2.24) is 20.5 Å². The lowest BCUT2D eigenvalue weighted by Gasteiger charge is -2.39. The van der Waals surface area contributed by atoms with E-state index in [0.29, 0.717) is 74.7 Å². The first-order valence-electron chi connectivity index (χ1n) is 14.3. The monoisotopic (exact) mass is 572 g/mol. The van der Waals surface area contributed by atoms with Crippen molar-refractivity contribution in [3.8, 4) is 17.2 Å². The van der Waals surface area contributed by atoms with E-state index < -0.39 is 0 Å². The minimum Gasteiger partial charge on any atom is -0.497 e. The summed E-state index contributed by atoms with van der Waals surface area (Å²) in [5.41, 5.74) is 2.31. The Kier molecular flexibility index (Phi) is 9.66. The summed E-state index contributed by atoms with van der Waals surface area (Å²) < 4.78 is 17.8. The molecule has 10 heteroatoms. The quantitative estimate of drug-likeness (QED) is 0.490. The van der Waals surface area contributed by atoms with Crippen molar-refractivity contribution < 1.29 is 28.6 Å². The van der Waals surface area contributed by atoms with E-state index in [0.717, 1.165) is 11.1 Å². The molecule has 10 nitrogen and oxygen atoms in total. The molecule has 0 radical (unpaired) electrons. The maximum Gasteiger partial charge on any atom is 0.251 e. The van der Waals surface area contributed by atoms with Crippen molar-refractivity contribution in [2.75, 3.05) is 26.7 Å². The molecule has 0 aliphatic carbocycles. The summed E-state index contributed by atoms with van der Waals surface area (Å²) in [6, 6.07) is 16.0. The van der Waals surface area contributed by atoms with Crippen LogP contribution in [0.1, 0.15) is 47.2 Å². The highest BCUT2D eigenvalue weighted by Gasteiger charge is 2.33. The normalized spacial score (nSPS) is 19.7. The molecule has 0 saturated carbocycles. The van der Waals surface area contributed by atoms with E-state index in [1.165, 1.54) is 7.11 Å². The van der Waals surface area contributed by atoms with Crippen LogP contribution in [0.3, 0.4) is 0 Å². The van der Waals surface area contributed by atoms with Crippen molar-refractivity contribution in [2.45, 2.75) is 50.9 Å². The molecule has 42 heavy (non-hydrogen) atoms. The number of pyridine rings is 1. The van der Waals surface area contributed by atoms with Crippen LogP contribution in [0.5, 0.6) is 17.2 Å². The molecular weight excluding hydrogens is 536 g/mol. The molecule has 1 fully saturated rings. The highest BCUT2D eigenvalue weighted by Crippen LogP contribution is 2.28. The number of carbonyl (C=O) groups is 3. The van der Waals surface area contributed by atoms with Gasteiger partial charge in [0.2, 0.25) is 11.8 Å². The van der Waals surface area contributed by atoms with Gasteiger partial charge in [0.1, 0.15) is 17.2 Å². The lowest BCUT2D eigenvalue weighted by atomic mass is 10.00. The Morgan fingerprint density at radius 3 is 2.86 bits per heavy atom. The van der Waals surface area contributed by atoms with Gasteiger partial charge in [-0.25, -0.2) is 0 Å². The van der Waals surface area contributed by atoms with Crippen LogP contribution in [0, 0.1) is 0 Å². The Balaban J connectivity index is 1.30. The number of benzene rings is 2. The number of rotatable bonds is 4. The lowest BCUT2D eigenvalue weighted by molar-refractivity contribution is -0.137. The van der Waals surface area contributed by atoms with E-state index in [1.54, 1.807) is 30.6 Å². The molecule has 2 aromatic carbocycles. The number of ether oxygens (including phenoxy) is 3. The predicted molar refractivity (Wildman–Crippen MR) is 155 cm³/mol. The summed E-state index contributed by atoms with van der Waals surface area (Å²) in [7, 11) is 1.53. The molecule has 1 saturated heterocycles. The number of hydrogen-bond donors (Lipinski definition) is 2. The fourth-order valence-corrected chi connectivity index (χ4v) is 5.20.